The van der Waals surface area contributed by atoms with Crippen molar-refractivity contribution in [1.29, 1.82) is 0 Å². The van der Waals surface area contributed by atoms with E-state index in [1.54, 1.807) is 6.07 Å². The van der Waals surface area contributed by atoms with Crippen LogP contribution in [0.15, 0.2) is 18.2 Å². The summed E-state index contributed by atoms with van der Waals surface area (Å²) in [6.07, 6.45) is 2.31. The van der Waals surface area contributed by atoms with Crippen molar-refractivity contribution in [2.75, 3.05) is 11.4 Å². The van der Waals surface area contributed by atoms with Gasteiger partial charge in [0.05, 0.1) is 5.69 Å². The molecule has 0 saturated carbocycles. The zero-order chi connectivity index (χ0) is 13.3. The maximum absolute atomic E-state index is 14.2. The van der Waals surface area contributed by atoms with E-state index in [-0.39, 0.29) is 11.9 Å². The first-order valence-electron chi connectivity index (χ1n) is 6.82. The molecule has 1 aliphatic heterocycles. The van der Waals surface area contributed by atoms with Gasteiger partial charge in [-0.05, 0) is 43.4 Å². The molecule has 1 unspecified atom stereocenters. The van der Waals surface area contributed by atoms with Gasteiger partial charge in [0.15, 0.2) is 0 Å². The van der Waals surface area contributed by atoms with Gasteiger partial charge in [-0.15, -0.1) is 0 Å². The summed E-state index contributed by atoms with van der Waals surface area (Å²) >= 11 is 0. The van der Waals surface area contributed by atoms with Crippen molar-refractivity contribution in [2.45, 2.75) is 45.7 Å². The number of nitrogens with zero attached hydrogens (tertiary/aromatic N) is 1. The number of rotatable bonds is 3. The minimum atomic E-state index is -0.141. The van der Waals surface area contributed by atoms with Gasteiger partial charge in [-0.2, -0.15) is 0 Å². The molecule has 0 bridgehead atoms. The Labute approximate surface area is 109 Å². The predicted octanol–water partition coefficient (Wildman–Crippen LogP) is 3.47. The van der Waals surface area contributed by atoms with Crippen LogP contribution in [-0.4, -0.2) is 12.6 Å². The maximum atomic E-state index is 14.2. The molecule has 0 aliphatic carbocycles. The summed E-state index contributed by atoms with van der Waals surface area (Å²) in [6.45, 7) is 7.24. The number of nitrogens with two attached hydrogens (primary N) is 1. The molecule has 1 aromatic carbocycles. The van der Waals surface area contributed by atoms with Crippen LogP contribution in [0.5, 0.6) is 0 Å². The number of anilines is 1. The topological polar surface area (TPSA) is 29.3 Å². The van der Waals surface area contributed by atoms with Gasteiger partial charge in [0.1, 0.15) is 5.82 Å². The molecule has 2 rings (SSSR count). The van der Waals surface area contributed by atoms with Gasteiger partial charge in [0.2, 0.25) is 0 Å². The average Bonchev–Trinajstić information content (AvgIpc) is 2.77. The van der Waals surface area contributed by atoms with E-state index in [0.717, 1.165) is 30.6 Å². The molecule has 1 fully saturated rings. The van der Waals surface area contributed by atoms with E-state index >= 15 is 0 Å². The van der Waals surface area contributed by atoms with Crippen LogP contribution in [0.1, 0.15) is 45.2 Å². The van der Waals surface area contributed by atoms with Gasteiger partial charge in [0.25, 0.3) is 0 Å². The molecule has 1 heterocycles. The Hall–Kier alpha value is -1.09. The molecule has 2 N–H and O–H groups in total. The van der Waals surface area contributed by atoms with E-state index in [1.165, 1.54) is 0 Å². The van der Waals surface area contributed by atoms with E-state index < -0.39 is 0 Å². The van der Waals surface area contributed by atoms with Gasteiger partial charge >= 0.3 is 0 Å². The van der Waals surface area contributed by atoms with E-state index in [4.69, 9.17) is 5.73 Å². The summed E-state index contributed by atoms with van der Waals surface area (Å²) in [5, 5.41) is 0. The minimum absolute atomic E-state index is 0.118. The number of halogens is 1. The van der Waals surface area contributed by atoms with Gasteiger partial charge in [-0.1, -0.05) is 19.9 Å². The quantitative estimate of drug-likeness (QED) is 0.890. The summed E-state index contributed by atoms with van der Waals surface area (Å²) in [5.41, 5.74) is 7.37. The van der Waals surface area contributed by atoms with Crippen molar-refractivity contribution in [3.63, 3.8) is 0 Å². The Morgan fingerprint density at radius 1 is 1.33 bits per heavy atom. The van der Waals surface area contributed by atoms with Crippen LogP contribution in [0.4, 0.5) is 10.1 Å². The van der Waals surface area contributed by atoms with Crippen LogP contribution >= 0.6 is 0 Å². The average molecular weight is 250 g/mol. The monoisotopic (exact) mass is 250 g/mol. The summed E-state index contributed by atoms with van der Waals surface area (Å²) in [6, 6.07) is 5.75. The van der Waals surface area contributed by atoms with Crippen molar-refractivity contribution in [1.82, 2.24) is 0 Å². The van der Waals surface area contributed by atoms with Gasteiger partial charge < -0.3 is 10.6 Å². The molecule has 2 nitrogen and oxygen atoms in total. The van der Waals surface area contributed by atoms with E-state index in [2.05, 4.69) is 18.7 Å². The third kappa shape index (κ3) is 2.51. The lowest BCUT2D eigenvalue weighted by atomic mass is 10.0. The molecule has 0 amide bonds. The second-order valence-corrected chi connectivity index (χ2v) is 5.65. The molecule has 100 valence electrons. The standard InChI is InChI=1S/C15H23FN2/c1-10(2)14-5-4-8-18(14)15-7-6-12(11(3)17)9-13(15)16/h6-7,9-11,14H,4-5,8,17H2,1-3H3/t11-,14?/m1/s1. The van der Waals surface area contributed by atoms with Crippen LogP contribution < -0.4 is 10.6 Å². The third-order valence-corrected chi connectivity index (χ3v) is 3.88. The molecule has 0 radical (unpaired) electrons. The fourth-order valence-corrected chi connectivity index (χ4v) is 2.82. The molecular formula is C15H23FN2. The second-order valence-electron chi connectivity index (χ2n) is 5.65. The predicted molar refractivity (Wildman–Crippen MR) is 74.2 cm³/mol. The van der Waals surface area contributed by atoms with Crippen molar-refractivity contribution in [2.24, 2.45) is 11.7 Å². The van der Waals surface area contributed by atoms with Crippen molar-refractivity contribution in [3.05, 3.63) is 29.6 Å². The first-order valence-corrected chi connectivity index (χ1v) is 6.82. The Morgan fingerprint density at radius 3 is 2.61 bits per heavy atom. The number of benzene rings is 1. The normalized spacial score (nSPS) is 21.7. The lowest BCUT2D eigenvalue weighted by Crippen LogP contribution is -2.34. The highest BCUT2D eigenvalue weighted by Gasteiger charge is 2.28. The zero-order valence-corrected chi connectivity index (χ0v) is 11.5. The maximum Gasteiger partial charge on any atom is 0.146 e. The SMILES string of the molecule is CC(C)C1CCCN1c1ccc([C@@H](C)N)cc1F. The lowest BCUT2D eigenvalue weighted by Gasteiger charge is -2.30. The molecule has 1 aromatic rings. The van der Waals surface area contributed by atoms with E-state index in [1.807, 2.05) is 19.1 Å². The van der Waals surface area contributed by atoms with E-state index in [0.29, 0.717) is 12.0 Å². The minimum Gasteiger partial charge on any atom is -0.366 e. The molecule has 0 aromatic heterocycles. The highest BCUT2D eigenvalue weighted by Crippen LogP contribution is 2.32. The van der Waals surface area contributed by atoms with Crippen molar-refractivity contribution in [3.8, 4) is 0 Å². The molecule has 18 heavy (non-hydrogen) atoms. The summed E-state index contributed by atoms with van der Waals surface area (Å²) in [4.78, 5) is 2.21. The molecule has 1 aliphatic rings. The summed E-state index contributed by atoms with van der Waals surface area (Å²) in [5.74, 6) is 0.414. The van der Waals surface area contributed by atoms with E-state index in [9.17, 15) is 4.39 Å². The fraction of sp³-hybridized carbons (Fsp3) is 0.600. The zero-order valence-electron chi connectivity index (χ0n) is 11.5. The lowest BCUT2D eigenvalue weighted by molar-refractivity contribution is 0.485. The van der Waals surface area contributed by atoms with Gasteiger partial charge in [-0.25, -0.2) is 4.39 Å². The summed E-state index contributed by atoms with van der Waals surface area (Å²) < 4.78 is 14.2. The Bertz CT molecular complexity index is 415. The Morgan fingerprint density at radius 2 is 2.06 bits per heavy atom. The molecule has 1 saturated heterocycles. The first kappa shape index (κ1) is 13.3. The third-order valence-electron chi connectivity index (χ3n) is 3.88. The van der Waals surface area contributed by atoms with Gasteiger partial charge in [-0.3, -0.25) is 0 Å². The highest BCUT2D eigenvalue weighted by atomic mass is 19.1. The smallest absolute Gasteiger partial charge is 0.146 e. The van der Waals surface area contributed by atoms with Crippen LogP contribution in [0.25, 0.3) is 0 Å². The Kier molecular flexibility index (Phi) is 3.91. The first-order chi connectivity index (χ1) is 8.50. The Balaban J connectivity index is 2.28. The van der Waals surface area contributed by atoms with Crippen LogP contribution in [0.2, 0.25) is 0 Å². The van der Waals surface area contributed by atoms with Crippen LogP contribution in [-0.2, 0) is 0 Å². The number of hydrogen-bond acceptors (Lipinski definition) is 2. The van der Waals surface area contributed by atoms with Crippen molar-refractivity contribution < 1.29 is 4.39 Å². The van der Waals surface area contributed by atoms with Crippen LogP contribution in [0, 0.1) is 11.7 Å². The highest BCUT2D eigenvalue weighted by molar-refractivity contribution is 5.51. The van der Waals surface area contributed by atoms with Crippen LogP contribution in [0.3, 0.4) is 0 Å². The molecule has 3 heteroatoms. The fourth-order valence-electron chi connectivity index (χ4n) is 2.82. The van der Waals surface area contributed by atoms with Gasteiger partial charge in [0, 0.05) is 18.6 Å². The summed E-state index contributed by atoms with van der Waals surface area (Å²) in [7, 11) is 0. The number of hydrogen-bond donors (Lipinski definition) is 1. The van der Waals surface area contributed by atoms with Crippen molar-refractivity contribution >= 4 is 5.69 Å². The molecule has 0 spiro atoms. The molecular weight excluding hydrogens is 227 g/mol. The molecule has 2 atom stereocenters. The largest absolute Gasteiger partial charge is 0.366 e. The second kappa shape index (κ2) is 5.27.